The van der Waals surface area contributed by atoms with Gasteiger partial charge in [0.15, 0.2) is 0 Å². The van der Waals surface area contributed by atoms with Crippen molar-refractivity contribution < 1.29 is 0 Å². The molecule has 2 fully saturated rings. The molecule has 70 valence electrons. The normalized spacial score (nSPS) is 48.5. The molecule has 0 bridgehead atoms. The quantitative estimate of drug-likeness (QED) is 0.563. The smallest absolute Gasteiger partial charge is 0.00420 e. The molecule has 0 aliphatic carbocycles. The number of hydrogen-bond donors (Lipinski definition) is 2. The molecular formula is C10H20N2. The summed E-state index contributed by atoms with van der Waals surface area (Å²) in [6.07, 6.45) is 2.73. The average molecular weight is 168 g/mol. The fraction of sp³-hybridized carbons (Fsp3) is 1.00. The molecule has 2 heterocycles. The van der Waals surface area contributed by atoms with E-state index in [0.717, 1.165) is 23.9 Å². The first-order chi connectivity index (χ1) is 5.75. The topological polar surface area (TPSA) is 24.1 Å². The van der Waals surface area contributed by atoms with E-state index in [0.29, 0.717) is 0 Å². The molecule has 0 radical (unpaired) electrons. The molecule has 2 saturated heterocycles. The Hall–Kier alpha value is -0.0800. The van der Waals surface area contributed by atoms with Gasteiger partial charge in [0.2, 0.25) is 0 Å². The minimum absolute atomic E-state index is 0.737. The van der Waals surface area contributed by atoms with Crippen LogP contribution in [0.15, 0.2) is 0 Å². The fourth-order valence-electron chi connectivity index (χ4n) is 2.66. The number of nitrogens with one attached hydrogen (secondary N) is 2. The molecule has 2 N–H and O–H groups in total. The highest BCUT2D eigenvalue weighted by atomic mass is 15.0. The SMILES string of the molecule is C[C@@H]1C[C@H]2CN[C@H](C)C[C@@H]2CN1. The van der Waals surface area contributed by atoms with Gasteiger partial charge in [-0.25, -0.2) is 0 Å². The Bertz CT molecular complexity index is 140. The zero-order chi connectivity index (χ0) is 8.55. The minimum Gasteiger partial charge on any atom is -0.314 e. The fourth-order valence-corrected chi connectivity index (χ4v) is 2.66. The first-order valence-corrected chi connectivity index (χ1v) is 5.22. The van der Waals surface area contributed by atoms with Gasteiger partial charge >= 0.3 is 0 Å². The van der Waals surface area contributed by atoms with Gasteiger partial charge in [-0.2, -0.15) is 0 Å². The summed E-state index contributed by atoms with van der Waals surface area (Å²) in [4.78, 5) is 0. The lowest BCUT2D eigenvalue weighted by Gasteiger charge is -2.41. The molecule has 0 spiro atoms. The molecule has 0 aromatic carbocycles. The summed E-state index contributed by atoms with van der Waals surface area (Å²) in [7, 11) is 0. The van der Waals surface area contributed by atoms with E-state index in [2.05, 4.69) is 24.5 Å². The zero-order valence-corrected chi connectivity index (χ0v) is 8.14. The molecule has 0 aromatic rings. The van der Waals surface area contributed by atoms with E-state index >= 15 is 0 Å². The van der Waals surface area contributed by atoms with Crippen LogP contribution in [0.1, 0.15) is 26.7 Å². The molecule has 0 saturated carbocycles. The molecule has 0 amide bonds. The van der Waals surface area contributed by atoms with E-state index in [-0.39, 0.29) is 0 Å². The number of fused-ring (bicyclic) bond motifs is 1. The molecular weight excluding hydrogens is 148 g/mol. The van der Waals surface area contributed by atoms with Crippen LogP contribution in [0.2, 0.25) is 0 Å². The van der Waals surface area contributed by atoms with E-state index in [1.807, 2.05) is 0 Å². The van der Waals surface area contributed by atoms with Crippen LogP contribution in [0.3, 0.4) is 0 Å². The minimum atomic E-state index is 0.737. The predicted octanol–water partition coefficient (Wildman–Crippen LogP) is 0.982. The zero-order valence-electron chi connectivity index (χ0n) is 8.14. The standard InChI is InChI=1S/C10H20N2/c1-7-3-9-6-12-8(2)4-10(9)5-11-7/h7-12H,3-6H2,1-2H3/t7-,8-,9-,10+/m1/s1. The summed E-state index contributed by atoms with van der Waals surface area (Å²) >= 11 is 0. The first-order valence-electron chi connectivity index (χ1n) is 5.22. The maximum Gasteiger partial charge on any atom is 0.00420 e. The van der Waals surface area contributed by atoms with Crippen molar-refractivity contribution in [3.8, 4) is 0 Å². The summed E-state index contributed by atoms with van der Waals surface area (Å²) in [5, 5.41) is 7.15. The summed E-state index contributed by atoms with van der Waals surface area (Å²) in [6.45, 7) is 7.10. The van der Waals surface area contributed by atoms with Gasteiger partial charge in [-0.05, 0) is 51.6 Å². The van der Waals surface area contributed by atoms with Gasteiger partial charge in [-0.15, -0.1) is 0 Å². The van der Waals surface area contributed by atoms with Crippen LogP contribution in [0.4, 0.5) is 0 Å². The van der Waals surface area contributed by atoms with Crippen molar-refractivity contribution >= 4 is 0 Å². The Morgan fingerprint density at radius 2 is 1.25 bits per heavy atom. The van der Waals surface area contributed by atoms with Crippen molar-refractivity contribution in [1.29, 1.82) is 0 Å². The second-order valence-corrected chi connectivity index (χ2v) is 4.61. The van der Waals surface area contributed by atoms with Crippen molar-refractivity contribution in [2.24, 2.45) is 11.8 Å². The molecule has 2 rings (SSSR count). The van der Waals surface area contributed by atoms with Crippen LogP contribution in [0, 0.1) is 11.8 Å². The van der Waals surface area contributed by atoms with Gasteiger partial charge in [-0.1, -0.05) is 0 Å². The molecule has 2 nitrogen and oxygen atoms in total. The lowest BCUT2D eigenvalue weighted by Crippen LogP contribution is -2.52. The van der Waals surface area contributed by atoms with Crippen LogP contribution < -0.4 is 10.6 Å². The number of rotatable bonds is 0. The highest BCUT2D eigenvalue weighted by Crippen LogP contribution is 2.28. The molecule has 2 aliphatic heterocycles. The van der Waals surface area contributed by atoms with E-state index in [4.69, 9.17) is 0 Å². The van der Waals surface area contributed by atoms with Crippen LogP contribution in [-0.2, 0) is 0 Å². The molecule has 4 atom stereocenters. The van der Waals surface area contributed by atoms with Crippen LogP contribution >= 0.6 is 0 Å². The summed E-state index contributed by atoms with van der Waals surface area (Å²) in [5.74, 6) is 1.88. The van der Waals surface area contributed by atoms with Gasteiger partial charge in [0.05, 0.1) is 0 Å². The summed E-state index contributed by atoms with van der Waals surface area (Å²) in [5.41, 5.74) is 0. The van der Waals surface area contributed by atoms with Gasteiger partial charge in [0.1, 0.15) is 0 Å². The lowest BCUT2D eigenvalue weighted by molar-refractivity contribution is 0.150. The van der Waals surface area contributed by atoms with Gasteiger partial charge in [0.25, 0.3) is 0 Å². The Morgan fingerprint density at radius 3 is 1.67 bits per heavy atom. The molecule has 0 aromatic heterocycles. The Balaban J connectivity index is 1.94. The highest BCUT2D eigenvalue weighted by molar-refractivity contribution is 4.89. The van der Waals surface area contributed by atoms with Gasteiger partial charge in [0, 0.05) is 12.1 Å². The third-order valence-electron chi connectivity index (χ3n) is 3.44. The van der Waals surface area contributed by atoms with E-state index in [1.165, 1.54) is 25.9 Å². The van der Waals surface area contributed by atoms with Crippen molar-refractivity contribution in [3.63, 3.8) is 0 Å². The maximum absolute atomic E-state index is 3.57. The van der Waals surface area contributed by atoms with Crippen LogP contribution in [-0.4, -0.2) is 25.2 Å². The maximum atomic E-state index is 3.57. The summed E-state index contributed by atoms with van der Waals surface area (Å²) in [6, 6.07) is 1.47. The van der Waals surface area contributed by atoms with Crippen molar-refractivity contribution in [2.75, 3.05) is 13.1 Å². The molecule has 2 heteroatoms. The third kappa shape index (κ3) is 1.64. The molecule has 2 aliphatic rings. The van der Waals surface area contributed by atoms with E-state index < -0.39 is 0 Å². The van der Waals surface area contributed by atoms with Gasteiger partial charge < -0.3 is 10.6 Å². The Morgan fingerprint density at radius 1 is 0.833 bits per heavy atom. The van der Waals surface area contributed by atoms with E-state index in [9.17, 15) is 0 Å². The Labute approximate surface area is 75.1 Å². The van der Waals surface area contributed by atoms with Gasteiger partial charge in [-0.3, -0.25) is 0 Å². The van der Waals surface area contributed by atoms with Crippen molar-refractivity contribution in [1.82, 2.24) is 10.6 Å². The molecule has 0 unspecified atom stereocenters. The Kier molecular flexibility index (Phi) is 2.37. The summed E-state index contributed by atoms with van der Waals surface area (Å²) < 4.78 is 0. The second kappa shape index (κ2) is 3.35. The predicted molar refractivity (Wildman–Crippen MR) is 51.1 cm³/mol. The monoisotopic (exact) mass is 168 g/mol. The molecule has 12 heavy (non-hydrogen) atoms. The average Bonchev–Trinajstić information content (AvgIpc) is 2.05. The van der Waals surface area contributed by atoms with Crippen molar-refractivity contribution in [3.05, 3.63) is 0 Å². The van der Waals surface area contributed by atoms with Crippen molar-refractivity contribution in [2.45, 2.75) is 38.8 Å². The number of piperidine rings is 2. The largest absolute Gasteiger partial charge is 0.314 e. The second-order valence-electron chi connectivity index (χ2n) is 4.61. The third-order valence-corrected chi connectivity index (χ3v) is 3.44. The first kappa shape index (κ1) is 8.52. The van der Waals surface area contributed by atoms with Crippen LogP contribution in [0.25, 0.3) is 0 Å². The van der Waals surface area contributed by atoms with Crippen LogP contribution in [0.5, 0.6) is 0 Å². The number of hydrogen-bond acceptors (Lipinski definition) is 2. The highest BCUT2D eigenvalue weighted by Gasteiger charge is 2.32. The van der Waals surface area contributed by atoms with E-state index in [1.54, 1.807) is 0 Å². The lowest BCUT2D eigenvalue weighted by atomic mass is 9.77.